The first-order valence-corrected chi connectivity index (χ1v) is 10.9. The van der Waals surface area contributed by atoms with E-state index in [0.717, 1.165) is 54.0 Å². The number of carbonyl (C=O) groups is 1. The predicted octanol–water partition coefficient (Wildman–Crippen LogP) is 1.45. The van der Waals surface area contributed by atoms with Gasteiger partial charge in [0.05, 0.1) is 29.4 Å². The van der Waals surface area contributed by atoms with Gasteiger partial charge in [-0.15, -0.1) is 0 Å². The second kappa shape index (κ2) is 10.7. The molecule has 1 unspecified atom stereocenters. The average Bonchev–Trinajstić information content (AvgIpc) is 2.71. The maximum atomic E-state index is 12.8. The number of aliphatic hydroxyl groups excluding tert-OH is 2. The van der Waals surface area contributed by atoms with E-state index in [-0.39, 0.29) is 35.3 Å². The van der Waals surface area contributed by atoms with E-state index in [0.29, 0.717) is 0 Å². The summed E-state index contributed by atoms with van der Waals surface area (Å²) in [4.78, 5) is 37.2. The van der Waals surface area contributed by atoms with Crippen molar-refractivity contribution in [2.45, 2.75) is 57.7 Å². The third-order valence-electron chi connectivity index (χ3n) is 5.60. The number of aromatic nitrogens is 3. The first-order chi connectivity index (χ1) is 14.9. The molecular weight excluding hydrogens is 424 g/mol. The fourth-order valence-electron chi connectivity index (χ4n) is 3.87. The topological polar surface area (TPSA) is 126 Å². The smallest absolute Gasteiger partial charge is 0.352 e. The molecule has 9 nitrogen and oxygen atoms in total. The normalized spacial score (nSPS) is 16.4. The van der Waals surface area contributed by atoms with Crippen LogP contribution in [-0.4, -0.2) is 43.3 Å². The van der Waals surface area contributed by atoms with Gasteiger partial charge in [0.2, 0.25) is 0 Å². The van der Waals surface area contributed by atoms with Crippen LogP contribution in [0.25, 0.3) is 5.69 Å². The molecule has 1 aliphatic carbocycles. The van der Waals surface area contributed by atoms with Crippen LogP contribution in [0.5, 0.6) is 0 Å². The van der Waals surface area contributed by atoms with Crippen molar-refractivity contribution < 1.29 is 15.0 Å². The lowest BCUT2D eigenvalue weighted by Crippen LogP contribution is -2.41. The molecule has 3 N–H and O–H groups in total. The Bertz CT molecular complexity index is 1030. The van der Waals surface area contributed by atoms with Crippen LogP contribution < -0.4 is 16.6 Å². The van der Waals surface area contributed by atoms with Gasteiger partial charge in [-0.05, 0) is 31.0 Å². The lowest BCUT2D eigenvalue weighted by Gasteiger charge is -2.25. The number of amides is 1. The molecule has 0 bridgehead atoms. The van der Waals surface area contributed by atoms with Gasteiger partial charge in [0, 0.05) is 5.92 Å². The first kappa shape index (κ1) is 23.2. The Morgan fingerprint density at radius 2 is 1.87 bits per heavy atom. The molecule has 3 rings (SSSR count). The largest absolute Gasteiger partial charge is 0.395 e. The maximum absolute atomic E-state index is 12.8. The summed E-state index contributed by atoms with van der Waals surface area (Å²) in [6, 6.07) is 4.32. The van der Waals surface area contributed by atoms with E-state index in [9.17, 15) is 19.5 Å². The average molecular weight is 451 g/mol. The van der Waals surface area contributed by atoms with Crippen molar-refractivity contribution in [3.8, 4) is 5.69 Å². The van der Waals surface area contributed by atoms with Crippen LogP contribution in [0.15, 0.2) is 34.0 Å². The number of benzene rings is 1. The molecule has 1 fully saturated rings. The Labute approximate surface area is 184 Å². The molecular formula is C21H27ClN4O5. The van der Waals surface area contributed by atoms with E-state index in [1.807, 2.05) is 0 Å². The van der Waals surface area contributed by atoms with Crippen molar-refractivity contribution in [3.05, 3.63) is 55.8 Å². The number of nitrogens with zero attached hydrogens (tertiary/aromatic N) is 3. The minimum atomic E-state index is -0.988. The Hall–Kier alpha value is -2.49. The molecule has 1 amide bonds. The summed E-state index contributed by atoms with van der Waals surface area (Å²) < 4.78 is 1.80. The Balaban J connectivity index is 1.84. The summed E-state index contributed by atoms with van der Waals surface area (Å²) in [5.74, 6) is -0.573. The van der Waals surface area contributed by atoms with Crippen molar-refractivity contribution in [1.82, 2.24) is 19.7 Å². The van der Waals surface area contributed by atoms with Gasteiger partial charge in [-0.1, -0.05) is 43.7 Å². The van der Waals surface area contributed by atoms with Gasteiger partial charge in [-0.3, -0.25) is 14.2 Å². The zero-order valence-corrected chi connectivity index (χ0v) is 17.9. The lowest BCUT2D eigenvalue weighted by molar-refractivity contribution is 0.0497. The number of hydrogen-bond donors (Lipinski definition) is 3. The van der Waals surface area contributed by atoms with Gasteiger partial charge in [0.1, 0.15) is 12.4 Å². The van der Waals surface area contributed by atoms with E-state index in [1.165, 1.54) is 24.6 Å². The second-order valence-corrected chi connectivity index (χ2v) is 8.15. The van der Waals surface area contributed by atoms with Crippen LogP contribution in [0.4, 0.5) is 0 Å². The molecule has 1 saturated carbocycles. The van der Waals surface area contributed by atoms with Crippen LogP contribution in [0.2, 0.25) is 5.02 Å². The highest BCUT2D eigenvalue weighted by atomic mass is 35.5. The van der Waals surface area contributed by atoms with Crippen molar-refractivity contribution in [2.75, 3.05) is 6.61 Å². The molecule has 1 heterocycles. The zero-order valence-electron chi connectivity index (χ0n) is 17.2. The van der Waals surface area contributed by atoms with Crippen LogP contribution in [0.3, 0.4) is 0 Å². The number of carbonyl (C=O) groups excluding carboxylic acids is 1. The van der Waals surface area contributed by atoms with E-state index in [1.54, 1.807) is 0 Å². The summed E-state index contributed by atoms with van der Waals surface area (Å²) in [5.41, 5.74) is -1.07. The lowest BCUT2D eigenvalue weighted by atomic mass is 9.90. The number of aliphatic hydroxyl groups is 2. The quantitative estimate of drug-likeness (QED) is 0.572. The van der Waals surface area contributed by atoms with Crippen molar-refractivity contribution in [2.24, 2.45) is 5.92 Å². The SMILES string of the molecule is O=C(NC(O)C1CCCCCCC1)c1cc(-n2ncc(=O)n(CCO)c2=O)ccc1Cl. The number of nitrogens with one attached hydrogen (secondary N) is 1. The van der Waals surface area contributed by atoms with Gasteiger partial charge in [-0.2, -0.15) is 9.78 Å². The molecule has 0 saturated heterocycles. The molecule has 0 aliphatic heterocycles. The van der Waals surface area contributed by atoms with E-state index in [4.69, 9.17) is 16.7 Å². The van der Waals surface area contributed by atoms with Crippen molar-refractivity contribution in [1.29, 1.82) is 0 Å². The summed E-state index contributed by atoms with van der Waals surface area (Å²) in [7, 11) is 0. The summed E-state index contributed by atoms with van der Waals surface area (Å²) in [6.07, 6.45) is 7.18. The van der Waals surface area contributed by atoms with E-state index >= 15 is 0 Å². The third-order valence-corrected chi connectivity index (χ3v) is 5.93. The molecule has 1 atom stereocenters. The molecule has 0 spiro atoms. The monoisotopic (exact) mass is 450 g/mol. The molecule has 2 aromatic rings. The number of hydrogen-bond acceptors (Lipinski definition) is 6. The Morgan fingerprint density at radius 1 is 1.19 bits per heavy atom. The minimum absolute atomic E-state index is 0.0162. The molecule has 168 valence electrons. The summed E-state index contributed by atoms with van der Waals surface area (Å²) in [5, 5.41) is 26.3. The van der Waals surface area contributed by atoms with Gasteiger partial charge in [-0.25, -0.2) is 4.79 Å². The van der Waals surface area contributed by atoms with E-state index in [2.05, 4.69) is 10.4 Å². The number of rotatable bonds is 6. The Kier molecular flexibility index (Phi) is 8.00. The second-order valence-electron chi connectivity index (χ2n) is 7.74. The third kappa shape index (κ3) is 5.61. The minimum Gasteiger partial charge on any atom is -0.395 e. The molecule has 31 heavy (non-hydrogen) atoms. The van der Waals surface area contributed by atoms with Crippen LogP contribution in [0, 0.1) is 5.92 Å². The first-order valence-electron chi connectivity index (χ1n) is 10.5. The van der Waals surface area contributed by atoms with E-state index < -0.39 is 23.4 Å². The van der Waals surface area contributed by atoms with Gasteiger partial charge < -0.3 is 15.5 Å². The highest BCUT2D eigenvalue weighted by Gasteiger charge is 2.23. The van der Waals surface area contributed by atoms with Crippen molar-refractivity contribution in [3.63, 3.8) is 0 Å². The van der Waals surface area contributed by atoms with Crippen LogP contribution >= 0.6 is 11.6 Å². The fraction of sp³-hybridized carbons (Fsp3) is 0.524. The highest BCUT2D eigenvalue weighted by Crippen LogP contribution is 2.25. The molecule has 1 aromatic heterocycles. The standard InChI is InChI=1S/C21H27ClN4O5/c22-17-9-8-15(26-21(31)25(10-11-27)18(28)13-23-26)12-16(17)20(30)24-19(29)14-6-4-2-1-3-5-7-14/h8-9,12-14,19,27,29H,1-7,10-11H2,(H,24,30). The van der Waals surface area contributed by atoms with Crippen LogP contribution in [0.1, 0.15) is 55.3 Å². The van der Waals surface area contributed by atoms with Gasteiger partial charge in [0.25, 0.3) is 11.5 Å². The van der Waals surface area contributed by atoms with Gasteiger partial charge in [0.15, 0.2) is 0 Å². The maximum Gasteiger partial charge on any atom is 0.352 e. The fourth-order valence-corrected chi connectivity index (χ4v) is 4.07. The molecule has 1 aliphatic rings. The molecule has 1 aromatic carbocycles. The summed E-state index contributed by atoms with van der Waals surface area (Å²) >= 11 is 6.20. The Morgan fingerprint density at radius 3 is 2.55 bits per heavy atom. The van der Waals surface area contributed by atoms with Crippen LogP contribution in [-0.2, 0) is 6.54 Å². The van der Waals surface area contributed by atoms with Gasteiger partial charge >= 0.3 is 5.69 Å². The number of halogens is 1. The highest BCUT2D eigenvalue weighted by molar-refractivity contribution is 6.33. The predicted molar refractivity (Wildman–Crippen MR) is 115 cm³/mol. The zero-order chi connectivity index (χ0) is 22.4. The molecule has 10 heteroatoms. The molecule has 0 radical (unpaired) electrons. The summed E-state index contributed by atoms with van der Waals surface area (Å²) in [6.45, 7) is -0.554. The van der Waals surface area contributed by atoms with Crippen molar-refractivity contribution >= 4 is 17.5 Å².